The van der Waals surface area contributed by atoms with Gasteiger partial charge in [-0.15, -0.1) is 0 Å². The predicted molar refractivity (Wildman–Crippen MR) is 54.2 cm³/mol. The number of halogens is 3. The predicted octanol–water partition coefficient (Wildman–Crippen LogP) is 3.19. The lowest BCUT2D eigenvalue weighted by Crippen LogP contribution is -2.14. The molecule has 0 bridgehead atoms. The molecule has 0 fully saturated rings. The lowest BCUT2D eigenvalue weighted by atomic mass is 10.1. The van der Waals surface area contributed by atoms with E-state index in [-0.39, 0.29) is 11.9 Å². The zero-order valence-corrected chi connectivity index (χ0v) is 9.21. The average molecular weight is 248 g/mol. The zero-order chi connectivity index (χ0) is 13.2. The monoisotopic (exact) mass is 248 g/mol. The summed E-state index contributed by atoms with van der Waals surface area (Å²) in [6.07, 6.45) is -4.93. The maximum absolute atomic E-state index is 12.5. The minimum atomic E-state index is -4.69. The largest absolute Gasteiger partial charge is 0.491 e. The van der Waals surface area contributed by atoms with Crippen molar-refractivity contribution in [3.8, 4) is 5.75 Å². The third-order valence-electron chi connectivity index (χ3n) is 1.90. The van der Waals surface area contributed by atoms with Crippen LogP contribution >= 0.6 is 0 Å². The smallest absolute Gasteiger partial charge is 0.417 e. The first-order valence-electron chi connectivity index (χ1n) is 4.83. The average Bonchev–Trinajstić information content (AvgIpc) is 2.14. The highest BCUT2D eigenvalue weighted by Crippen LogP contribution is 2.34. The van der Waals surface area contributed by atoms with E-state index in [2.05, 4.69) is 0 Å². The summed E-state index contributed by atoms with van der Waals surface area (Å²) in [6, 6.07) is 2.70. The van der Waals surface area contributed by atoms with Crippen molar-refractivity contribution in [2.75, 3.05) is 0 Å². The van der Waals surface area contributed by atoms with E-state index in [1.165, 1.54) is 0 Å². The van der Waals surface area contributed by atoms with Crippen LogP contribution in [0.3, 0.4) is 0 Å². The Balaban J connectivity index is 3.23. The van der Waals surface area contributed by atoms with Gasteiger partial charge in [0.1, 0.15) is 5.75 Å². The topological polar surface area (TPSA) is 46.5 Å². The Morgan fingerprint density at radius 2 is 1.94 bits per heavy atom. The number of carbonyl (C=O) groups is 1. The van der Waals surface area contributed by atoms with Crippen LogP contribution < -0.4 is 4.74 Å². The minimum Gasteiger partial charge on any atom is -0.491 e. The number of hydrogen-bond donors (Lipinski definition) is 1. The molecule has 0 saturated carbocycles. The highest BCUT2D eigenvalue weighted by molar-refractivity contribution is 5.90. The summed E-state index contributed by atoms with van der Waals surface area (Å²) in [5.41, 5.74) is -1.99. The molecule has 0 aliphatic rings. The van der Waals surface area contributed by atoms with Crippen molar-refractivity contribution in [2.24, 2.45) is 0 Å². The quantitative estimate of drug-likeness (QED) is 0.893. The fourth-order valence-corrected chi connectivity index (χ4v) is 1.29. The molecule has 1 N–H and O–H groups in total. The van der Waals surface area contributed by atoms with Crippen molar-refractivity contribution >= 4 is 5.97 Å². The molecule has 94 valence electrons. The van der Waals surface area contributed by atoms with Crippen molar-refractivity contribution in [2.45, 2.75) is 26.1 Å². The Morgan fingerprint density at radius 3 is 2.35 bits per heavy atom. The third-order valence-corrected chi connectivity index (χ3v) is 1.90. The molecular weight excluding hydrogens is 237 g/mol. The molecule has 3 nitrogen and oxygen atoms in total. The SMILES string of the molecule is CC(C)Oc1ccc(C(F)(F)F)c(C(=O)O)c1. The van der Waals surface area contributed by atoms with Gasteiger partial charge >= 0.3 is 12.1 Å². The molecule has 0 saturated heterocycles. The fourth-order valence-electron chi connectivity index (χ4n) is 1.29. The first-order valence-corrected chi connectivity index (χ1v) is 4.83. The van der Waals surface area contributed by atoms with Gasteiger partial charge in [0.2, 0.25) is 0 Å². The Bertz CT molecular complexity index is 424. The van der Waals surface area contributed by atoms with Gasteiger partial charge in [0.25, 0.3) is 0 Å². The Kier molecular flexibility index (Phi) is 3.65. The summed E-state index contributed by atoms with van der Waals surface area (Å²) < 4.78 is 42.6. The summed E-state index contributed by atoms with van der Waals surface area (Å²) in [5.74, 6) is -1.53. The molecule has 0 aromatic heterocycles. The molecule has 0 aliphatic heterocycles. The molecule has 1 aromatic rings. The number of hydrogen-bond acceptors (Lipinski definition) is 2. The van der Waals surface area contributed by atoms with Crippen LogP contribution in [0.1, 0.15) is 29.8 Å². The van der Waals surface area contributed by atoms with Crippen LogP contribution in [0, 0.1) is 0 Å². The number of rotatable bonds is 3. The number of aromatic carboxylic acids is 1. The highest BCUT2D eigenvalue weighted by Gasteiger charge is 2.35. The molecule has 0 spiro atoms. The molecule has 17 heavy (non-hydrogen) atoms. The third kappa shape index (κ3) is 3.37. The molecule has 6 heteroatoms. The van der Waals surface area contributed by atoms with Crippen molar-refractivity contribution in [3.05, 3.63) is 29.3 Å². The molecular formula is C11H11F3O3. The van der Waals surface area contributed by atoms with E-state index in [0.29, 0.717) is 6.07 Å². The molecule has 0 aliphatic carbocycles. The normalized spacial score (nSPS) is 11.6. The van der Waals surface area contributed by atoms with E-state index < -0.39 is 23.3 Å². The second kappa shape index (κ2) is 4.65. The Labute approximate surface area is 95.8 Å². The molecule has 0 amide bonds. The maximum Gasteiger partial charge on any atom is 0.417 e. The summed E-state index contributed by atoms with van der Waals surface area (Å²) in [4.78, 5) is 10.8. The van der Waals surface area contributed by atoms with E-state index in [1.54, 1.807) is 13.8 Å². The second-order valence-electron chi connectivity index (χ2n) is 3.68. The molecule has 0 atom stereocenters. The van der Waals surface area contributed by atoms with E-state index in [4.69, 9.17) is 9.84 Å². The van der Waals surface area contributed by atoms with Crippen LogP contribution in [-0.2, 0) is 6.18 Å². The number of benzene rings is 1. The van der Waals surface area contributed by atoms with Gasteiger partial charge in [-0.3, -0.25) is 0 Å². The van der Waals surface area contributed by atoms with Crippen LogP contribution in [0.2, 0.25) is 0 Å². The number of alkyl halides is 3. The van der Waals surface area contributed by atoms with Gasteiger partial charge in [0, 0.05) is 0 Å². The van der Waals surface area contributed by atoms with Crippen LogP contribution in [0.5, 0.6) is 5.75 Å². The molecule has 0 heterocycles. The summed E-state index contributed by atoms with van der Waals surface area (Å²) in [6.45, 7) is 3.39. The standard InChI is InChI=1S/C11H11F3O3/c1-6(2)17-7-3-4-9(11(12,13)14)8(5-7)10(15)16/h3-6H,1-2H3,(H,15,16). The van der Waals surface area contributed by atoms with E-state index in [9.17, 15) is 18.0 Å². The molecule has 0 unspecified atom stereocenters. The van der Waals surface area contributed by atoms with E-state index in [1.807, 2.05) is 0 Å². The van der Waals surface area contributed by atoms with Gasteiger partial charge < -0.3 is 9.84 Å². The van der Waals surface area contributed by atoms with E-state index in [0.717, 1.165) is 12.1 Å². The number of ether oxygens (including phenoxy) is 1. The number of carboxylic acid groups (broad SMARTS) is 1. The Morgan fingerprint density at radius 1 is 1.35 bits per heavy atom. The molecule has 1 aromatic carbocycles. The van der Waals surface area contributed by atoms with Crippen LogP contribution in [0.25, 0.3) is 0 Å². The van der Waals surface area contributed by atoms with Crippen molar-refractivity contribution in [3.63, 3.8) is 0 Å². The fraction of sp³-hybridized carbons (Fsp3) is 0.364. The van der Waals surface area contributed by atoms with Gasteiger partial charge in [0.15, 0.2) is 0 Å². The first-order chi connectivity index (χ1) is 7.71. The van der Waals surface area contributed by atoms with Gasteiger partial charge in [-0.25, -0.2) is 4.79 Å². The zero-order valence-electron chi connectivity index (χ0n) is 9.21. The summed E-state index contributed by atoms with van der Waals surface area (Å²) in [5, 5.41) is 8.73. The lowest BCUT2D eigenvalue weighted by Gasteiger charge is -2.14. The van der Waals surface area contributed by atoms with Crippen LogP contribution in [0.4, 0.5) is 13.2 Å². The van der Waals surface area contributed by atoms with Crippen LogP contribution in [0.15, 0.2) is 18.2 Å². The minimum absolute atomic E-state index is 0.102. The summed E-state index contributed by atoms with van der Waals surface area (Å²) >= 11 is 0. The van der Waals surface area contributed by atoms with Crippen LogP contribution in [-0.4, -0.2) is 17.2 Å². The summed E-state index contributed by atoms with van der Waals surface area (Å²) in [7, 11) is 0. The molecule has 0 radical (unpaired) electrons. The van der Waals surface area contributed by atoms with Gasteiger partial charge in [-0.1, -0.05) is 0 Å². The Hall–Kier alpha value is -1.72. The first kappa shape index (κ1) is 13.3. The number of carboxylic acids is 1. The van der Waals surface area contributed by atoms with E-state index >= 15 is 0 Å². The van der Waals surface area contributed by atoms with Crippen molar-refractivity contribution < 1.29 is 27.8 Å². The maximum atomic E-state index is 12.5. The lowest BCUT2D eigenvalue weighted by molar-refractivity contribution is -0.138. The van der Waals surface area contributed by atoms with Gasteiger partial charge in [0.05, 0.1) is 17.2 Å². The highest BCUT2D eigenvalue weighted by atomic mass is 19.4. The van der Waals surface area contributed by atoms with Gasteiger partial charge in [-0.05, 0) is 32.0 Å². The second-order valence-corrected chi connectivity index (χ2v) is 3.68. The van der Waals surface area contributed by atoms with Crippen molar-refractivity contribution in [1.29, 1.82) is 0 Å². The van der Waals surface area contributed by atoms with Crippen molar-refractivity contribution in [1.82, 2.24) is 0 Å². The van der Waals surface area contributed by atoms with Gasteiger partial charge in [-0.2, -0.15) is 13.2 Å². The molecule has 1 rings (SSSR count).